The zero-order valence-corrected chi connectivity index (χ0v) is 38.5. The van der Waals surface area contributed by atoms with Crippen LogP contribution in [0.15, 0.2) is 116 Å². The molecule has 0 saturated heterocycles. The van der Waals surface area contributed by atoms with Gasteiger partial charge in [0.15, 0.2) is 0 Å². The van der Waals surface area contributed by atoms with Gasteiger partial charge in [-0.3, -0.25) is 9.36 Å². The van der Waals surface area contributed by atoms with E-state index in [2.05, 4.69) is 93.2 Å². The van der Waals surface area contributed by atoms with Crippen LogP contribution < -0.4 is 4.90 Å². The highest BCUT2D eigenvalue weighted by Crippen LogP contribution is 2.21. The summed E-state index contributed by atoms with van der Waals surface area (Å²) < 4.78 is 7.63. The Morgan fingerprint density at radius 1 is 0.473 bits per heavy atom. The molecule has 4 heterocycles. The minimum Gasteiger partial charge on any atom is -0.357 e. The summed E-state index contributed by atoms with van der Waals surface area (Å²) in [4.78, 5) is 6.23. The van der Waals surface area contributed by atoms with E-state index in [1.807, 2.05) is 198 Å². The standard InChI is InChI=1S/C13H13N.C6H9N.C5H9N3.C5H8N2.C5H7N.6C2H6.CH4/c1-14(12-8-4-2-5-9-12)13-10-6-3-7-11-13;1-6-4-3-5-7(6)2;1-4-6-5(2)8(3)7-4;1-5-3-4-7(2)6-5;1-6-4-2-3-5-6;6*1-2;/h2-11H,1H3;3-5H,1-2H3;1-3H3;3-4H,1-2H3;2-5H,1H3;6*1-2H3;1H4. The van der Waals surface area contributed by atoms with Crippen LogP contribution in [0, 0.1) is 27.7 Å². The Bertz CT molecular complexity index is 1420. The fourth-order valence-corrected chi connectivity index (χ4v) is 3.57. The van der Waals surface area contributed by atoms with E-state index >= 15 is 0 Å². The van der Waals surface area contributed by atoms with E-state index in [0.29, 0.717) is 0 Å². The van der Waals surface area contributed by atoms with Gasteiger partial charge in [0.25, 0.3) is 0 Å². The number of para-hydroxylation sites is 2. The van der Waals surface area contributed by atoms with E-state index in [9.17, 15) is 0 Å². The van der Waals surface area contributed by atoms with Gasteiger partial charge >= 0.3 is 0 Å². The average Bonchev–Trinajstić information content (AvgIpc) is 4.04. The largest absolute Gasteiger partial charge is 0.357 e. The van der Waals surface area contributed by atoms with Gasteiger partial charge in [-0.05, 0) is 82.3 Å². The van der Waals surface area contributed by atoms with E-state index in [-0.39, 0.29) is 7.43 Å². The molecule has 2 aromatic carbocycles. The first kappa shape index (κ1) is 62.2. The van der Waals surface area contributed by atoms with Crippen molar-refractivity contribution in [3.8, 4) is 0 Å². The van der Waals surface area contributed by atoms with Crippen LogP contribution in [0.2, 0.25) is 0 Å². The molecule has 0 aliphatic rings. The first-order valence-corrected chi connectivity index (χ1v) is 19.9. The molecular formula is C47H86N8. The van der Waals surface area contributed by atoms with Gasteiger partial charge in [0.05, 0.1) is 5.69 Å². The summed E-state index contributed by atoms with van der Waals surface area (Å²) in [6, 6.07) is 30.8. The maximum absolute atomic E-state index is 4.06. The van der Waals surface area contributed by atoms with E-state index in [1.54, 1.807) is 9.36 Å². The predicted octanol–water partition coefficient (Wildman–Crippen LogP) is 13.8. The van der Waals surface area contributed by atoms with Crippen LogP contribution in [-0.2, 0) is 28.2 Å². The van der Waals surface area contributed by atoms with Gasteiger partial charge in [0.1, 0.15) is 11.6 Å². The molecule has 8 heteroatoms. The molecule has 0 aliphatic heterocycles. The number of hydrogen-bond donors (Lipinski definition) is 0. The third kappa shape index (κ3) is 33.5. The molecule has 314 valence electrons. The third-order valence-electron chi connectivity index (χ3n) is 6.18. The van der Waals surface area contributed by atoms with Gasteiger partial charge in [-0.1, -0.05) is 127 Å². The Balaban J connectivity index is -0.000000130. The lowest BCUT2D eigenvalue weighted by atomic mass is 10.2. The zero-order valence-electron chi connectivity index (χ0n) is 38.5. The van der Waals surface area contributed by atoms with Crippen molar-refractivity contribution in [2.45, 2.75) is 118 Å². The highest BCUT2D eigenvalue weighted by Gasteiger charge is 2.00. The number of anilines is 2. The van der Waals surface area contributed by atoms with Gasteiger partial charge in [-0.25, -0.2) is 4.98 Å². The van der Waals surface area contributed by atoms with Gasteiger partial charge in [0.2, 0.25) is 0 Å². The lowest BCUT2D eigenvalue weighted by molar-refractivity contribution is 0.728. The SMILES string of the molecule is C.CC.CC.CC.CC.CC.CC.CN(c1ccccc1)c1ccccc1.Cc1cccn1C.Cc1ccn(C)n1.Cc1nc(C)n(C)n1.Cn1cccc1. The second-order valence-electron chi connectivity index (χ2n) is 9.80. The van der Waals surface area contributed by atoms with Crippen LogP contribution in [0.4, 0.5) is 11.4 Å². The number of rotatable bonds is 2. The zero-order chi connectivity index (χ0) is 42.9. The van der Waals surface area contributed by atoms with Gasteiger partial charge in [0, 0.05) is 77.1 Å². The first-order chi connectivity index (χ1) is 26.1. The number of aryl methyl sites for hydroxylation is 8. The minimum atomic E-state index is 0. The van der Waals surface area contributed by atoms with Crippen molar-refractivity contribution in [3.63, 3.8) is 0 Å². The number of nitrogens with zero attached hydrogens (tertiary/aromatic N) is 8. The highest BCUT2D eigenvalue weighted by molar-refractivity contribution is 5.61. The summed E-state index contributed by atoms with van der Waals surface area (Å²) in [5.74, 6) is 1.80. The molecule has 0 fully saturated rings. The summed E-state index contributed by atoms with van der Waals surface area (Å²) in [5, 5.41) is 8.04. The van der Waals surface area contributed by atoms with Crippen LogP contribution in [-0.4, -0.2) is 40.7 Å². The Hall–Kier alpha value is -4.85. The molecule has 0 saturated carbocycles. The van der Waals surface area contributed by atoms with Crippen molar-refractivity contribution in [1.82, 2.24) is 33.7 Å². The molecule has 0 atom stereocenters. The Morgan fingerprint density at radius 2 is 0.891 bits per heavy atom. The van der Waals surface area contributed by atoms with Crippen molar-refractivity contribution in [1.29, 1.82) is 0 Å². The second kappa shape index (κ2) is 45.3. The smallest absolute Gasteiger partial charge is 0.147 e. The Kier molecular flexibility index (Phi) is 51.2. The van der Waals surface area contributed by atoms with Crippen molar-refractivity contribution in [3.05, 3.63) is 139 Å². The molecule has 6 rings (SSSR count). The normalized spacial score (nSPS) is 7.95. The monoisotopic (exact) mass is 763 g/mol. The van der Waals surface area contributed by atoms with Crippen LogP contribution in [0.3, 0.4) is 0 Å². The summed E-state index contributed by atoms with van der Waals surface area (Å²) in [5.41, 5.74) is 4.79. The Labute approximate surface area is 341 Å². The second-order valence-corrected chi connectivity index (χ2v) is 9.80. The van der Waals surface area contributed by atoms with E-state index in [4.69, 9.17) is 0 Å². The molecule has 6 aromatic rings. The Morgan fingerprint density at radius 3 is 1.05 bits per heavy atom. The van der Waals surface area contributed by atoms with Crippen LogP contribution >= 0.6 is 0 Å². The van der Waals surface area contributed by atoms with E-state index in [1.165, 1.54) is 17.1 Å². The van der Waals surface area contributed by atoms with E-state index < -0.39 is 0 Å². The summed E-state index contributed by atoms with van der Waals surface area (Å²) >= 11 is 0. The summed E-state index contributed by atoms with van der Waals surface area (Å²) in [6.07, 6.45) is 7.96. The molecule has 4 aromatic heterocycles. The highest BCUT2D eigenvalue weighted by atomic mass is 15.3. The topological polar surface area (TPSA) is 61.6 Å². The van der Waals surface area contributed by atoms with E-state index in [0.717, 1.165) is 17.3 Å². The van der Waals surface area contributed by atoms with Crippen molar-refractivity contribution in [2.75, 3.05) is 11.9 Å². The van der Waals surface area contributed by atoms with Crippen LogP contribution in [0.25, 0.3) is 0 Å². The maximum atomic E-state index is 4.06. The predicted molar refractivity (Wildman–Crippen MR) is 250 cm³/mol. The molecule has 55 heavy (non-hydrogen) atoms. The summed E-state index contributed by atoms with van der Waals surface area (Å²) in [6.45, 7) is 31.9. The van der Waals surface area contributed by atoms with Gasteiger partial charge in [-0.15, -0.1) is 0 Å². The van der Waals surface area contributed by atoms with Gasteiger partial charge < -0.3 is 14.0 Å². The van der Waals surface area contributed by atoms with Crippen molar-refractivity contribution < 1.29 is 0 Å². The molecule has 0 amide bonds. The third-order valence-corrected chi connectivity index (χ3v) is 6.18. The minimum absolute atomic E-state index is 0. The quantitative estimate of drug-likeness (QED) is 0.176. The van der Waals surface area contributed by atoms with Crippen molar-refractivity contribution >= 4 is 11.4 Å². The number of benzene rings is 2. The van der Waals surface area contributed by atoms with Crippen LogP contribution in [0.5, 0.6) is 0 Å². The molecule has 0 N–H and O–H groups in total. The van der Waals surface area contributed by atoms with Gasteiger partial charge in [-0.2, -0.15) is 10.2 Å². The molecule has 0 aliphatic carbocycles. The number of hydrogen-bond acceptors (Lipinski definition) is 4. The first-order valence-electron chi connectivity index (χ1n) is 19.9. The molecule has 0 radical (unpaired) electrons. The number of aromatic nitrogens is 7. The van der Waals surface area contributed by atoms with Crippen molar-refractivity contribution in [2.24, 2.45) is 28.2 Å². The molecule has 0 bridgehead atoms. The fraction of sp³-hybridized carbons (Fsp3) is 0.468. The summed E-state index contributed by atoms with van der Waals surface area (Å²) in [7, 11) is 9.91. The fourth-order valence-electron chi connectivity index (χ4n) is 3.57. The molecule has 8 nitrogen and oxygen atoms in total. The molecule has 0 unspecified atom stereocenters. The average molecular weight is 763 g/mol. The molecular weight excluding hydrogens is 677 g/mol. The lowest BCUT2D eigenvalue weighted by Crippen LogP contribution is -2.08. The van der Waals surface area contributed by atoms with Crippen LogP contribution in [0.1, 0.15) is 114 Å². The maximum Gasteiger partial charge on any atom is 0.147 e. The molecule has 0 spiro atoms. The lowest BCUT2D eigenvalue weighted by Gasteiger charge is -2.18.